The van der Waals surface area contributed by atoms with Crippen molar-refractivity contribution in [1.82, 2.24) is 0 Å². The van der Waals surface area contributed by atoms with Crippen LogP contribution in [0, 0.1) is 13.8 Å². The third kappa shape index (κ3) is 4.45. The van der Waals surface area contributed by atoms with Gasteiger partial charge in [-0.1, -0.05) is 72.8 Å². The molecule has 0 unspecified atom stereocenters. The fraction of sp³-hybridized carbons (Fsp3) is 0.125. The van der Waals surface area contributed by atoms with Crippen LogP contribution in [0.4, 0.5) is 0 Å². The summed E-state index contributed by atoms with van der Waals surface area (Å²) in [5.41, 5.74) is 5.90. The van der Waals surface area contributed by atoms with Gasteiger partial charge in [-0.2, -0.15) is 5.10 Å². The Morgan fingerprint density at radius 2 is 1.26 bits per heavy atom. The van der Waals surface area contributed by atoms with Gasteiger partial charge in [0.1, 0.15) is 5.71 Å². The van der Waals surface area contributed by atoms with Crippen molar-refractivity contribution in [3.05, 3.63) is 107 Å². The molecule has 0 saturated carbocycles. The van der Waals surface area contributed by atoms with Crippen LogP contribution < -0.4 is 0 Å². The number of aryl methyl sites for hydroxylation is 2. The van der Waals surface area contributed by atoms with Crippen LogP contribution in [0.2, 0.25) is 0 Å². The van der Waals surface area contributed by atoms with Crippen LogP contribution in [0.1, 0.15) is 39.5 Å². The number of carbonyl (C=O) groups is 1. The van der Waals surface area contributed by atoms with Crippen molar-refractivity contribution in [2.24, 2.45) is 10.2 Å². The van der Waals surface area contributed by atoms with Crippen LogP contribution in [-0.2, 0) is 0 Å². The molecule has 0 N–H and O–H groups in total. The molecule has 0 bridgehead atoms. The summed E-state index contributed by atoms with van der Waals surface area (Å²) in [6.07, 6.45) is 0. The third-order valence-electron chi connectivity index (χ3n) is 4.52. The van der Waals surface area contributed by atoms with E-state index >= 15 is 0 Å². The van der Waals surface area contributed by atoms with Gasteiger partial charge in [-0.25, -0.2) is 0 Å². The van der Waals surface area contributed by atoms with Crippen LogP contribution in [0.3, 0.4) is 0 Å². The van der Waals surface area contributed by atoms with Crippen LogP contribution in [0.15, 0.2) is 89.1 Å². The molecule has 0 radical (unpaired) electrons. The molecular formula is C24H22N2O. The molecule has 3 aromatic carbocycles. The maximum Gasteiger partial charge on any atom is 0.213 e. The Labute approximate surface area is 160 Å². The first kappa shape index (κ1) is 18.5. The molecule has 0 amide bonds. The molecule has 134 valence electrons. The van der Waals surface area contributed by atoms with E-state index in [0.29, 0.717) is 11.3 Å². The van der Waals surface area contributed by atoms with Gasteiger partial charge in [0, 0.05) is 11.1 Å². The lowest BCUT2D eigenvalue weighted by atomic mass is 10.0. The fourth-order valence-corrected chi connectivity index (χ4v) is 2.71. The van der Waals surface area contributed by atoms with Gasteiger partial charge in [-0.05, 0) is 43.5 Å². The molecule has 3 heteroatoms. The van der Waals surface area contributed by atoms with Crippen molar-refractivity contribution < 1.29 is 4.79 Å². The second-order valence-electron chi connectivity index (χ2n) is 6.49. The normalized spacial score (nSPS) is 12.1. The first-order valence-electron chi connectivity index (χ1n) is 8.91. The van der Waals surface area contributed by atoms with Gasteiger partial charge in [-0.15, -0.1) is 5.10 Å². The highest BCUT2D eigenvalue weighted by Crippen LogP contribution is 2.13. The van der Waals surface area contributed by atoms with Crippen molar-refractivity contribution in [2.45, 2.75) is 20.8 Å². The average molecular weight is 354 g/mol. The molecule has 3 rings (SSSR count). The van der Waals surface area contributed by atoms with E-state index in [1.807, 2.05) is 61.5 Å². The molecule has 0 spiro atoms. The summed E-state index contributed by atoms with van der Waals surface area (Å²) in [4.78, 5) is 13.0. The zero-order valence-electron chi connectivity index (χ0n) is 15.8. The Kier molecular flexibility index (Phi) is 5.72. The highest BCUT2D eigenvalue weighted by molar-refractivity contribution is 6.51. The van der Waals surface area contributed by atoms with E-state index in [-0.39, 0.29) is 5.78 Å². The lowest BCUT2D eigenvalue weighted by Gasteiger charge is -2.06. The summed E-state index contributed by atoms with van der Waals surface area (Å²) >= 11 is 0. The van der Waals surface area contributed by atoms with Gasteiger partial charge >= 0.3 is 0 Å². The molecule has 0 aliphatic heterocycles. The number of hydrogen-bond acceptors (Lipinski definition) is 3. The van der Waals surface area contributed by atoms with E-state index in [1.54, 1.807) is 12.1 Å². The molecule has 3 nitrogen and oxygen atoms in total. The zero-order valence-corrected chi connectivity index (χ0v) is 15.8. The lowest BCUT2D eigenvalue weighted by Crippen LogP contribution is -2.15. The second-order valence-corrected chi connectivity index (χ2v) is 6.49. The molecule has 0 aromatic heterocycles. The SMILES string of the molecule is C/C(=N/N=C(\C(=O)c1ccccc1)c1ccccc1)c1ccc(C)c(C)c1. The second kappa shape index (κ2) is 8.37. The molecular weight excluding hydrogens is 332 g/mol. The van der Waals surface area contributed by atoms with E-state index in [9.17, 15) is 4.79 Å². The Balaban J connectivity index is 2.02. The first-order valence-corrected chi connectivity index (χ1v) is 8.91. The Hall–Kier alpha value is -3.33. The topological polar surface area (TPSA) is 41.8 Å². The Morgan fingerprint density at radius 1 is 0.667 bits per heavy atom. The van der Waals surface area contributed by atoms with Gasteiger partial charge in [-0.3, -0.25) is 4.79 Å². The average Bonchev–Trinajstić information content (AvgIpc) is 2.71. The molecule has 0 fully saturated rings. The van der Waals surface area contributed by atoms with E-state index in [1.165, 1.54) is 11.1 Å². The van der Waals surface area contributed by atoms with Crippen molar-refractivity contribution in [1.29, 1.82) is 0 Å². The summed E-state index contributed by atoms with van der Waals surface area (Å²) < 4.78 is 0. The summed E-state index contributed by atoms with van der Waals surface area (Å²) in [6.45, 7) is 6.06. The molecule has 0 atom stereocenters. The van der Waals surface area contributed by atoms with Crippen molar-refractivity contribution in [3.63, 3.8) is 0 Å². The number of hydrogen-bond donors (Lipinski definition) is 0. The third-order valence-corrected chi connectivity index (χ3v) is 4.52. The van der Waals surface area contributed by atoms with Crippen LogP contribution in [0.5, 0.6) is 0 Å². The predicted octanol–water partition coefficient (Wildman–Crippen LogP) is 5.40. The van der Waals surface area contributed by atoms with Crippen molar-refractivity contribution in [3.8, 4) is 0 Å². The zero-order chi connectivity index (χ0) is 19.2. The highest BCUT2D eigenvalue weighted by atomic mass is 16.1. The number of Topliss-reactive ketones (excluding diaryl/α,β-unsaturated/α-hetero) is 1. The lowest BCUT2D eigenvalue weighted by molar-refractivity contribution is 0.106. The summed E-state index contributed by atoms with van der Waals surface area (Å²) in [5.74, 6) is -0.140. The molecule has 3 aromatic rings. The number of benzene rings is 3. The highest BCUT2D eigenvalue weighted by Gasteiger charge is 2.16. The number of nitrogens with zero attached hydrogens (tertiary/aromatic N) is 2. The Morgan fingerprint density at radius 3 is 1.85 bits per heavy atom. The standard InChI is InChI=1S/C24H22N2O/c1-17-14-15-22(16-18(17)2)19(3)25-26-23(20-10-6-4-7-11-20)24(27)21-12-8-5-9-13-21/h4-16H,1-3H3/b25-19-,26-23-. The van der Waals surface area contributed by atoms with Gasteiger partial charge in [0.15, 0.2) is 0 Å². The quantitative estimate of drug-likeness (QED) is 0.344. The monoisotopic (exact) mass is 354 g/mol. The maximum absolute atomic E-state index is 13.0. The largest absolute Gasteiger partial charge is 0.287 e. The Bertz CT molecular complexity index is 1000. The van der Waals surface area contributed by atoms with Crippen LogP contribution >= 0.6 is 0 Å². The number of rotatable bonds is 5. The van der Waals surface area contributed by atoms with Crippen molar-refractivity contribution in [2.75, 3.05) is 0 Å². The summed E-state index contributed by atoms with van der Waals surface area (Å²) in [6, 6.07) is 24.8. The smallest absolute Gasteiger partial charge is 0.213 e. The molecule has 0 aliphatic carbocycles. The molecule has 0 heterocycles. The van der Waals surface area contributed by atoms with E-state index in [2.05, 4.69) is 36.2 Å². The maximum atomic E-state index is 13.0. The summed E-state index contributed by atoms with van der Waals surface area (Å²) in [7, 11) is 0. The molecule has 0 aliphatic rings. The number of carbonyl (C=O) groups excluding carboxylic acids is 1. The first-order chi connectivity index (χ1) is 13.1. The minimum Gasteiger partial charge on any atom is -0.287 e. The minimum absolute atomic E-state index is 0.140. The van der Waals surface area contributed by atoms with Crippen LogP contribution in [-0.4, -0.2) is 17.2 Å². The van der Waals surface area contributed by atoms with Gasteiger partial charge in [0.2, 0.25) is 5.78 Å². The van der Waals surface area contributed by atoms with E-state index in [0.717, 1.165) is 16.8 Å². The van der Waals surface area contributed by atoms with E-state index in [4.69, 9.17) is 0 Å². The predicted molar refractivity (Wildman–Crippen MR) is 112 cm³/mol. The molecule has 27 heavy (non-hydrogen) atoms. The molecule has 0 saturated heterocycles. The van der Waals surface area contributed by atoms with Gasteiger partial charge in [0.25, 0.3) is 0 Å². The van der Waals surface area contributed by atoms with Gasteiger partial charge in [0.05, 0.1) is 5.71 Å². The van der Waals surface area contributed by atoms with E-state index < -0.39 is 0 Å². The van der Waals surface area contributed by atoms with Gasteiger partial charge < -0.3 is 0 Å². The number of ketones is 1. The summed E-state index contributed by atoms with van der Waals surface area (Å²) in [5, 5.41) is 8.73. The van der Waals surface area contributed by atoms with Crippen LogP contribution in [0.25, 0.3) is 0 Å². The minimum atomic E-state index is -0.140. The fourth-order valence-electron chi connectivity index (χ4n) is 2.71. The van der Waals surface area contributed by atoms with Crippen molar-refractivity contribution >= 4 is 17.2 Å².